The Labute approximate surface area is 108 Å². The standard InChI is InChI=1S/C11H13IN2O2/c12-9-3-1-2-4-10(9)13-11(16)7-14-5-8(15)6-14/h1-4,8,15H,5-7H2,(H,13,16). The van der Waals surface area contributed by atoms with Gasteiger partial charge in [-0.3, -0.25) is 9.69 Å². The molecule has 0 aromatic heterocycles. The van der Waals surface area contributed by atoms with Crippen LogP contribution in [0.2, 0.25) is 0 Å². The lowest BCUT2D eigenvalue weighted by molar-refractivity contribution is -0.119. The summed E-state index contributed by atoms with van der Waals surface area (Å²) in [5.74, 6) is -0.0315. The van der Waals surface area contributed by atoms with Crippen LogP contribution < -0.4 is 5.32 Å². The van der Waals surface area contributed by atoms with Crippen molar-refractivity contribution in [1.29, 1.82) is 0 Å². The maximum atomic E-state index is 11.6. The Morgan fingerprint density at radius 2 is 2.19 bits per heavy atom. The van der Waals surface area contributed by atoms with Gasteiger partial charge in [0, 0.05) is 16.7 Å². The Bertz CT molecular complexity index is 391. The molecule has 1 saturated heterocycles. The van der Waals surface area contributed by atoms with Gasteiger partial charge >= 0.3 is 0 Å². The lowest BCUT2D eigenvalue weighted by Gasteiger charge is -2.35. The highest BCUT2D eigenvalue weighted by Gasteiger charge is 2.25. The molecule has 86 valence electrons. The average Bonchev–Trinajstić information content (AvgIpc) is 2.19. The molecule has 0 bridgehead atoms. The number of halogens is 1. The first kappa shape index (κ1) is 11.8. The molecule has 0 aliphatic carbocycles. The van der Waals surface area contributed by atoms with E-state index in [9.17, 15) is 4.79 Å². The van der Waals surface area contributed by atoms with E-state index in [0.717, 1.165) is 9.26 Å². The molecule has 16 heavy (non-hydrogen) atoms. The Morgan fingerprint density at radius 3 is 2.81 bits per heavy atom. The Morgan fingerprint density at radius 1 is 1.50 bits per heavy atom. The number of carbonyl (C=O) groups is 1. The highest BCUT2D eigenvalue weighted by molar-refractivity contribution is 14.1. The first-order valence-corrected chi connectivity index (χ1v) is 6.18. The molecule has 2 N–H and O–H groups in total. The van der Waals surface area contributed by atoms with E-state index in [1.54, 1.807) is 0 Å². The zero-order valence-corrected chi connectivity index (χ0v) is 10.8. The molecule has 1 fully saturated rings. The molecule has 1 heterocycles. The van der Waals surface area contributed by atoms with Crippen molar-refractivity contribution < 1.29 is 9.90 Å². The van der Waals surface area contributed by atoms with Gasteiger partial charge in [0.1, 0.15) is 0 Å². The van der Waals surface area contributed by atoms with E-state index >= 15 is 0 Å². The summed E-state index contributed by atoms with van der Waals surface area (Å²) in [6.07, 6.45) is -0.260. The SMILES string of the molecule is O=C(CN1CC(O)C1)Nc1ccccc1I. The molecule has 0 unspecified atom stereocenters. The van der Waals surface area contributed by atoms with Crippen LogP contribution in [-0.4, -0.2) is 41.7 Å². The summed E-state index contributed by atoms with van der Waals surface area (Å²) in [4.78, 5) is 13.5. The highest BCUT2D eigenvalue weighted by Crippen LogP contribution is 2.17. The minimum atomic E-state index is -0.260. The molecular weight excluding hydrogens is 319 g/mol. The van der Waals surface area contributed by atoms with E-state index in [-0.39, 0.29) is 12.0 Å². The van der Waals surface area contributed by atoms with E-state index in [4.69, 9.17) is 5.11 Å². The molecule has 0 radical (unpaired) electrons. The largest absolute Gasteiger partial charge is 0.390 e. The molecular formula is C11H13IN2O2. The normalized spacial score (nSPS) is 16.9. The number of anilines is 1. The molecule has 0 atom stereocenters. The van der Waals surface area contributed by atoms with Crippen LogP contribution in [0, 0.1) is 3.57 Å². The van der Waals surface area contributed by atoms with Crippen molar-refractivity contribution in [3.63, 3.8) is 0 Å². The fourth-order valence-corrected chi connectivity index (χ4v) is 2.15. The lowest BCUT2D eigenvalue weighted by Crippen LogP contribution is -2.53. The van der Waals surface area contributed by atoms with Crippen molar-refractivity contribution >= 4 is 34.2 Å². The first-order valence-electron chi connectivity index (χ1n) is 5.10. The van der Waals surface area contributed by atoms with Gasteiger partial charge in [0.2, 0.25) is 5.91 Å². The molecule has 1 aliphatic rings. The maximum Gasteiger partial charge on any atom is 0.238 e. The zero-order valence-electron chi connectivity index (χ0n) is 8.69. The molecule has 1 aliphatic heterocycles. The summed E-state index contributed by atoms with van der Waals surface area (Å²) in [5.41, 5.74) is 0.842. The van der Waals surface area contributed by atoms with Crippen LogP contribution in [0.4, 0.5) is 5.69 Å². The number of nitrogens with zero attached hydrogens (tertiary/aromatic N) is 1. The van der Waals surface area contributed by atoms with Gasteiger partial charge in [0.25, 0.3) is 0 Å². The van der Waals surface area contributed by atoms with Crippen LogP contribution in [0.15, 0.2) is 24.3 Å². The van der Waals surface area contributed by atoms with Gasteiger partial charge in [-0.25, -0.2) is 0 Å². The summed E-state index contributed by atoms with van der Waals surface area (Å²) < 4.78 is 1.03. The lowest BCUT2D eigenvalue weighted by atomic mass is 10.2. The Balaban J connectivity index is 1.85. The molecule has 1 aromatic carbocycles. The summed E-state index contributed by atoms with van der Waals surface area (Å²) >= 11 is 2.19. The average molecular weight is 332 g/mol. The van der Waals surface area contributed by atoms with Crippen molar-refractivity contribution in [3.05, 3.63) is 27.8 Å². The van der Waals surface area contributed by atoms with Crippen molar-refractivity contribution in [2.45, 2.75) is 6.10 Å². The molecule has 2 rings (SSSR count). The number of nitrogens with one attached hydrogen (secondary N) is 1. The van der Waals surface area contributed by atoms with Crippen LogP contribution in [0.3, 0.4) is 0 Å². The van der Waals surface area contributed by atoms with Crippen molar-refractivity contribution in [2.75, 3.05) is 25.0 Å². The van der Waals surface area contributed by atoms with Gasteiger partial charge in [-0.1, -0.05) is 12.1 Å². The van der Waals surface area contributed by atoms with Gasteiger partial charge in [-0.2, -0.15) is 0 Å². The number of aliphatic hydroxyl groups is 1. The topological polar surface area (TPSA) is 52.6 Å². The number of rotatable bonds is 3. The number of benzene rings is 1. The third-order valence-electron chi connectivity index (χ3n) is 2.45. The van der Waals surface area contributed by atoms with Gasteiger partial charge in [-0.05, 0) is 34.7 Å². The van der Waals surface area contributed by atoms with E-state index in [1.165, 1.54) is 0 Å². The second-order valence-electron chi connectivity index (χ2n) is 3.88. The number of likely N-dealkylation sites (tertiary alicyclic amines) is 1. The molecule has 0 saturated carbocycles. The van der Waals surface area contributed by atoms with E-state index < -0.39 is 0 Å². The van der Waals surface area contributed by atoms with Gasteiger partial charge in [-0.15, -0.1) is 0 Å². The minimum Gasteiger partial charge on any atom is -0.390 e. The van der Waals surface area contributed by atoms with Crippen molar-refractivity contribution in [3.8, 4) is 0 Å². The summed E-state index contributed by atoms with van der Waals surface area (Å²) in [7, 11) is 0. The predicted molar refractivity (Wildman–Crippen MR) is 70.2 cm³/mol. The molecule has 1 amide bonds. The zero-order chi connectivity index (χ0) is 11.5. The van der Waals surface area contributed by atoms with E-state index in [2.05, 4.69) is 27.9 Å². The van der Waals surface area contributed by atoms with Crippen LogP contribution in [0.25, 0.3) is 0 Å². The fourth-order valence-electron chi connectivity index (χ4n) is 1.63. The Kier molecular flexibility index (Phi) is 3.78. The first-order chi connectivity index (χ1) is 7.65. The monoisotopic (exact) mass is 332 g/mol. The number of β-amino-alcohol motifs (C(OH)–C–C–N with tert-alkyl or cyclic N) is 1. The van der Waals surface area contributed by atoms with Crippen LogP contribution in [0.5, 0.6) is 0 Å². The van der Waals surface area contributed by atoms with Crippen molar-refractivity contribution in [2.24, 2.45) is 0 Å². The second-order valence-corrected chi connectivity index (χ2v) is 5.04. The third kappa shape index (κ3) is 2.93. The summed E-state index contributed by atoms with van der Waals surface area (Å²) in [5, 5.41) is 11.9. The quantitative estimate of drug-likeness (QED) is 0.809. The number of carbonyl (C=O) groups excluding carboxylic acids is 1. The second kappa shape index (κ2) is 5.11. The predicted octanol–water partition coefficient (Wildman–Crippen LogP) is 0.906. The number of hydrogen-bond donors (Lipinski definition) is 2. The summed E-state index contributed by atoms with van der Waals surface area (Å²) in [6.45, 7) is 1.54. The summed E-state index contributed by atoms with van der Waals surface area (Å²) in [6, 6.07) is 7.66. The Hall–Kier alpha value is -0.660. The minimum absolute atomic E-state index is 0.0315. The molecule has 0 spiro atoms. The fraction of sp³-hybridized carbons (Fsp3) is 0.364. The van der Waals surface area contributed by atoms with Crippen molar-refractivity contribution in [1.82, 2.24) is 4.90 Å². The van der Waals surface area contributed by atoms with Gasteiger partial charge in [0.15, 0.2) is 0 Å². The molecule has 1 aromatic rings. The van der Waals surface area contributed by atoms with Crippen LogP contribution in [0.1, 0.15) is 0 Å². The third-order valence-corrected chi connectivity index (χ3v) is 3.39. The van der Waals surface area contributed by atoms with E-state index in [1.807, 2.05) is 29.2 Å². The number of hydrogen-bond acceptors (Lipinski definition) is 3. The van der Waals surface area contributed by atoms with Gasteiger partial charge in [0.05, 0.1) is 18.3 Å². The number of amides is 1. The smallest absolute Gasteiger partial charge is 0.238 e. The highest BCUT2D eigenvalue weighted by atomic mass is 127. The number of para-hydroxylation sites is 1. The van der Waals surface area contributed by atoms with Crippen LogP contribution in [-0.2, 0) is 4.79 Å². The number of aliphatic hydroxyl groups excluding tert-OH is 1. The van der Waals surface area contributed by atoms with Crippen LogP contribution >= 0.6 is 22.6 Å². The van der Waals surface area contributed by atoms with Gasteiger partial charge < -0.3 is 10.4 Å². The molecule has 4 nitrogen and oxygen atoms in total. The van der Waals surface area contributed by atoms with E-state index in [0.29, 0.717) is 19.6 Å². The maximum absolute atomic E-state index is 11.6. The molecule has 5 heteroatoms.